The summed E-state index contributed by atoms with van der Waals surface area (Å²) in [5.41, 5.74) is 0. The van der Waals surface area contributed by atoms with Crippen molar-refractivity contribution in [2.45, 2.75) is 110 Å². The highest BCUT2D eigenvalue weighted by Gasteiger charge is 2.28. The molecule has 0 spiro atoms. The van der Waals surface area contributed by atoms with Crippen molar-refractivity contribution in [1.29, 1.82) is 0 Å². The zero-order valence-corrected chi connectivity index (χ0v) is 20.5. The fraction of sp³-hybridized carbons (Fsp3) is 0.720. The Morgan fingerprint density at radius 2 is 0.879 bits per heavy atom. The van der Waals surface area contributed by atoms with Crippen LogP contribution in [0.3, 0.4) is 0 Å². The van der Waals surface area contributed by atoms with E-state index in [9.17, 15) is 22.0 Å². The minimum atomic E-state index is -2.25. The molecule has 0 heterocycles. The minimum Gasteiger partial charge on any atom is -0.457 e. The zero-order chi connectivity index (χ0) is 24.5. The van der Waals surface area contributed by atoms with E-state index < -0.39 is 40.1 Å². The third-order valence-electron chi connectivity index (χ3n) is 5.57. The molecule has 0 aliphatic heterocycles. The van der Waals surface area contributed by atoms with Crippen LogP contribution in [-0.2, 0) is 4.74 Å². The van der Waals surface area contributed by atoms with E-state index in [0.717, 1.165) is 19.3 Å². The Balaban J connectivity index is 1.99. The molecule has 0 atom stereocenters. The molecule has 0 amide bonds. The van der Waals surface area contributed by atoms with Gasteiger partial charge in [-0.05, 0) is 6.42 Å². The van der Waals surface area contributed by atoms with Crippen LogP contribution in [0, 0.1) is 29.1 Å². The van der Waals surface area contributed by atoms with Crippen molar-refractivity contribution in [2.24, 2.45) is 0 Å². The number of halogens is 5. The molecule has 0 radical (unpaired) electrons. The van der Waals surface area contributed by atoms with Crippen LogP contribution in [0.15, 0.2) is 0 Å². The third kappa shape index (κ3) is 12.0. The molecule has 0 unspecified atom stereocenters. The maximum absolute atomic E-state index is 13.5. The van der Waals surface area contributed by atoms with E-state index in [0.29, 0.717) is 6.42 Å². The summed E-state index contributed by atoms with van der Waals surface area (Å²) in [6.07, 6.45) is 19.6. The molecule has 0 aromatic heterocycles. The van der Waals surface area contributed by atoms with Crippen LogP contribution in [-0.4, -0.2) is 11.8 Å². The molecule has 8 heteroatoms. The lowest BCUT2D eigenvalue weighted by molar-refractivity contribution is 0.230. The van der Waals surface area contributed by atoms with Crippen LogP contribution in [0.25, 0.3) is 0 Å². The maximum Gasteiger partial charge on any atom is 0.358 e. The molecule has 0 aliphatic rings. The number of unbranched alkanes of at least 4 members (excludes halogenated alkanes) is 15. The number of hydrogen-bond donors (Lipinski definition) is 0. The second-order valence-electron chi connectivity index (χ2n) is 8.40. The van der Waals surface area contributed by atoms with Crippen molar-refractivity contribution in [1.82, 2.24) is 0 Å². The highest BCUT2D eigenvalue weighted by Crippen LogP contribution is 2.29. The van der Waals surface area contributed by atoms with Crippen LogP contribution in [0.5, 0.6) is 5.75 Å². The summed E-state index contributed by atoms with van der Waals surface area (Å²) >= 11 is 4.67. The average molecular weight is 497 g/mol. The largest absolute Gasteiger partial charge is 0.457 e. The Kier molecular flexibility index (Phi) is 16.1. The average Bonchev–Trinajstić information content (AvgIpc) is 2.81. The number of hydrogen-bond acceptors (Lipinski definition) is 3. The van der Waals surface area contributed by atoms with Gasteiger partial charge in [-0.3, -0.25) is 0 Å². The maximum atomic E-state index is 13.5. The van der Waals surface area contributed by atoms with Crippen molar-refractivity contribution in [2.75, 3.05) is 6.61 Å². The van der Waals surface area contributed by atoms with Gasteiger partial charge in [-0.25, -0.2) is 13.2 Å². The van der Waals surface area contributed by atoms with Crippen molar-refractivity contribution in [3.63, 3.8) is 0 Å². The molecule has 0 bridgehead atoms. The summed E-state index contributed by atoms with van der Waals surface area (Å²) in [6, 6.07) is 0. The smallest absolute Gasteiger partial charge is 0.358 e. The molecule has 190 valence electrons. The lowest BCUT2D eigenvalue weighted by Crippen LogP contribution is -2.15. The van der Waals surface area contributed by atoms with E-state index in [-0.39, 0.29) is 6.61 Å². The first-order chi connectivity index (χ1) is 15.9. The van der Waals surface area contributed by atoms with Gasteiger partial charge < -0.3 is 9.47 Å². The summed E-state index contributed by atoms with van der Waals surface area (Å²) < 4.78 is 76.0. The number of ether oxygens (including phenoxy) is 2. The molecule has 1 aromatic rings. The predicted octanol–water partition coefficient (Wildman–Crippen LogP) is 9.32. The Morgan fingerprint density at radius 1 is 0.545 bits per heavy atom. The second kappa shape index (κ2) is 18.0. The molecule has 0 fully saturated rings. The molecule has 33 heavy (non-hydrogen) atoms. The highest BCUT2D eigenvalue weighted by molar-refractivity contribution is 7.79. The lowest BCUT2D eigenvalue weighted by atomic mass is 10.0. The SMILES string of the molecule is CCCCCCCCCCCCCCCCCCOC(=S)Oc1c(F)c(F)c(F)c(F)c1F. The molecule has 0 saturated carbocycles. The van der Waals surface area contributed by atoms with Crippen LogP contribution in [0.2, 0.25) is 0 Å². The fourth-order valence-electron chi connectivity index (χ4n) is 3.59. The topological polar surface area (TPSA) is 18.5 Å². The van der Waals surface area contributed by atoms with Gasteiger partial charge in [-0.15, -0.1) is 0 Å². The molecule has 2 nitrogen and oxygen atoms in total. The van der Waals surface area contributed by atoms with Gasteiger partial charge in [0.15, 0.2) is 0 Å². The van der Waals surface area contributed by atoms with Crippen molar-refractivity contribution in [3.8, 4) is 5.75 Å². The Hall–Kier alpha value is -1.44. The summed E-state index contributed by atoms with van der Waals surface area (Å²) in [6.45, 7) is 2.39. The van der Waals surface area contributed by atoms with E-state index in [1.165, 1.54) is 77.0 Å². The summed E-state index contributed by atoms with van der Waals surface area (Å²) in [5.74, 6) is -12.1. The first-order valence-electron chi connectivity index (χ1n) is 12.3. The van der Waals surface area contributed by atoms with E-state index in [4.69, 9.17) is 4.74 Å². The van der Waals surface area contributed by atoms with Crippen LogP contribution in [0.4, 0.5) is 22.0 Å². The predicted molar refractivity (Wildman–Crippen MR) is 125 cm³/mol. The van der Waals surface area contributed by atoms with Crippen LogP contribution < -0.4 is 4.74 Å². The number of benzene rings is 1. The molecule has 1 rings (SSSR count). The quantitative estimate of drug-likeness (QED) is 0.0663. The summed E-state index contributed by atoms with van der Waals surface area (Å²) in [5, 5.41) is -0.681. The van der Waals surface area contributed by atoms with Gasteiger partial charge in [0.1, 0.15) is 0 Å². The second-order valence-corrected chi connectivity index (χ2v) is 8.74. The molecule has 0 saturated heterocycles. The highest BCUT2D eigenvalue weighted by atomic mass is 32.1. The van der Waals surface area contributed by atoms with E-state index >= 15 is 0 Å². The molecular formula is C25H37F5O2S. The van der Waals surface area contributed by atoms with E-state index in [1.807, 2.05) is 0 Å². The van der Waals surface area contributed by atoms with Gasteiger partial charge in [0.05, 0.1) is 6.61 Å². The normalized spacial score (nSPS) is 11.1. The van der Waals surface area contributed by atoms with Gasteiger partial charge in [-0.2, -0.15) is 8.78 Å². The van der Waals surface area contributed by atoms with E-state index in [1.54, 1.807) is 0 Å². The number of rotatable bonds is 18. The van der Waals surface area contributed by atoms with Crippen LogP contribution in [0.1, 0.15) is 110 Å². The first-order valence-corrected chi connectivity index (χ1v) is 12.7. The Bertz CT molecular complexity index is 671. The molecule has 1 aromatic carbocycles. The first kappa shape index (κ1) is 29.6. The van der Waals surface area contributed by atoms with Gasteiger partial charge in [0.25, 0.3) is 0 Å². The molecule has 0 N–H and O–H groups in total. The van der Waals surface area contributed by atoms with Gasteiger partial charge >= 0.3 is 5.24 Å². The summed E-state index contributed by atoms with van der Waals surface area (Å²) in [7, 11) is 0. The monoisotopic (exact) mass is 496 g/mol. The van der Waals surface area contributed by atoms with Crippen molar-refractivity contribution in [3.05, 3.63) is 29.1 Å². The van der Waals surface area contributed by atoms with Gasteiger partial charge in [0, 0.05) is 12.2 Å². The molecule has 0 aliphatic carbocycles. The third-order valence-corrected chi connectivity index (χ3v) is 5.77. The minimum absolute atomic E-state index is 0.146. The Labute approximate surface area is 200 Å². The Morgan fingerprint density at radius 3 is 1.27 bits per heavy atom. The lowest BCUT2D eigenvalue weighted by Gasteiger charge is -2.11. The van der Waals surface area contributed by atoms with E-state index in [2.05, 4.69) is 23.9 Å². The van der Waals surface area contributed by atoms with Gasteiger partial charge in [-0.1, -0.05) is 103 Å². The zero-order valence-electron chi connectivity index (χ0n) is 19.6. The van der Waals surface area contributed by atoms with Crippen LogP contribution >= 0.6 is 12.2 Å². The summed E-state index contributed by atoms with van der Waals surface area (Å²) in [4.78, 5) is 0. The van der Waals surface area contributed by atoms with Crippen molar-refractivity contribution >= 4 is 17.5 Å². The fourth-order valence-corrected chi connectivity index (χ4v) is 3.76. The standard InChI is InChI=1S/C25H37F5O2S/c1-2-3-4-5-6-7-8-9-10-11-12-13-14-15-16-17-18-31-25(33)32-24-22(29)20(27)19(26)21(28)23(24)30/h2-18H2,1H3. The van der Waals surface area contributed by atoms with Gasteiger partial charge in [0.2, 0.25) is 34.8 Å². The number of thiocarbonyl (C=S) groups is 1. The van der Waals surface area contributed by atoms with Crippen molar-refractivity contribution < 1.29 is 31.4 Å². The molecular weight excluding hydrogens is 459 g/mol.